The van der Waals surface area contributed by atoms with Crippen molar-refractivity contribution in [2.24, 2.45) is 0 Å². The van der Waals surface area contributed by atoms with Crippen molar-refractivity contribution in [3.8, 4) is 0 Å². The largest absolute Gasteiger partial charge is 0.392 e. The van der Waals surface area contributed by atoms with Crippen molar-refractivity contribution >= 4 is 21.8 Å². The Morgan fingerprint density at radius 1 is 1.32 bits per heavy atom. The minimum atomic E-state index is -3.44. The van der Waals surface area contributed by atoms with Crippen molar-refractivity contribution in [2.45, 2.75) is 42.1 Å². The Labute approximate surface area is 118 Å². The fraction of sp³-hybridized carbons (Fsp3) is 0.538. The summed E-state index contributed by atoms with van der Waals surface area (Å²) in [6.07, 6.45) is 4.93. The van der Waals surface area contributed by atoms with Crippen LogP contribution in [0.2, 0.25) is 0 Å². The predicted octanol–water partition coefficient (Wildman–Crippen LogP) is 1.74. The number of hydrogen-bond acceptors (Lipinski definition) is 4. The molecule has 2 atom stereocenters. The van der Waals surface area contributed by atoms with Gasteiger partial charge in [-0.2, -0.15) is 11.8 Å². The van der Waals surface area contributed by atoms with E-state index in [1.165, 1.54) is 12.1 Å². The van der Waals surface area contributed by atoms with Gasteiger partial charge in [0.1, 0.15) is 0 Å². The van der Waals surface area contributed by atoms with Crippen LogP contribution in [-0.4, -0.2) is 31.1 Å². The summed E-state index contributed by atoms with van der Waals surface area (Å²) < 4.78 is 27.2. The minimum absolute atomic E-state index is 0.0416. The average molecular weight is 301 g/mol. The van der Waals surface area contributed by atoms with Crippen LogP contribution in [0.3, 0.4) is 0 Å². The van der Waals surface area contributed by atoms with Gasteiger partial charge in [0.15, 0.2) is 0 Å². The molecule has 1 saturated carbocycles. The first kappa shape index (κ1) is 14.8. The van der Waals surface area contributed by atoms with E-state index in [0.29, 0.717) is 10.8 Å². The average Bonchev–Trinajstić information content (AvgIpc) is 2.85. The van der Waals surface area contributed by atoms with Crippen LogP contribution in [0.15, 0.2) is 29.2 Å². The van der Waals surface area contributed by atoms with Gasteiger partial charge in [-0.1, -0.05) is 12.1 Å². The maximum atomic E-state index is 12.2. The van der Waals surface area contributed by atoms with Gasteiger partial charge in [-0.15, -0.1) is 0 Å². The van der Waals surface area contributed by atoms with Crippen LogP contribution in [-0.2, 0) is 16.6 Å². The lowest BCUT2D eigenvalue weighted by Crippen LogP contribution is -2.33. The Bertz CT molecular complexity index is 513. The summed E-state index contributed by atoms with van der Waals surface area (Å²) in [5, 5.41) is 9.51. The lowest BCUT2D eigenvalue weighted by atomic mass is 10.2. The molecule has 1 aromatic carbocycles. The van der Waals surface area contributed by atoms with E-state index in [4.69, 9.17) is 5.11 Å². The monoisotopic (exact) mass is 301 g/mol. The van der Waals surface area contributed by atoms with Crippen LogP contribution in [0.5, 0.6) is 0 Å². The van der Waals surface area contributed by atoms with Crippen LogP contribution in [0.1, 0.15) is 24.8 Å². The molecule has 1 aliphatic carbocycles. The third kappa shape index (κ3) is 3.72. The van der Waals surface area contributed by atoms with E-state index < -0.39 is 10.0 Å². The zero-order chi connectivity index (χ0) is 13.9. The summed E-state index contributed by atoms with van der Waals surface area (Å²) >= 11 is 1.80. The van der Waals surface area contributed by atoms with Gasteiger partial charge in [0.2, 0.25) is 10.0 Å². The highest BCUT2D eigenvalue weighted by Crippen LogP contribution is 2.29. The maximum Gasteiger partial charge on any atom is 0.240 e. The van der Waals surface area contributed by atoms with Gasteiger partial charge in [-0.05, 0) is 43.2 Å². The second-order valence-electron chi connectivity index (χ2n) is 4.79. The van der Waals surface area contributed by atoms with E-state index >= 15 is 0 Å². The number of benzene rings is 1. The summed E-state index contributed by atoms with van der Waals surface area (Å²) in [5.74, 6) is 0. The Morgan fingerprint density at radius 2 is 2.00 bits per heavy atom. The Balaban J connectivity index is 2.05. The second-order valence-corrected chi connectivity index (χ2v) is 7.64. The van der Waals surface area contributed by atoms with Crippen molar-refractivity contribution < 1.29 is 13.5 Å². The van der Waals surface area contributed by atoms with E-state index in [-0.39, 0.29) is 17.5 Å². The van der Waals surface area contributed by atoms with Gasteiger partial charge in [0.25, 0.3) is 0 Å². The molecule has 0 amide bonds. The fourth-order valence-electron chi connectivity index (χ4n) is 2.32. The smallest absolute Gasteiger partial charge is 0.240 e. The van der Waals surface area contributed by atoms with Gasteiger partial charge < -0.3 is 5.11 Å². The molecule has 0 heterocycles. The fourth-order valence-corrected chi connectivity index (χ4v) is 4.40. The highest BCUT2D eigenvalue weighted by atomic mass is 32.2. The van der Waals surface area contributed by atoms with Gasteiger partial charge >= 0.3 is 0 Å². The van der Waals surface area contributed by atoms with Crippen molar-refractivity contribution in [1.82, 2.24) is 4.72 Å². The minimum Gasteiger partial charge on any atom is -0.392 e. The van der Waals surface area contributed by atoms with Crippen LogP contribution < -0.4 is 4.72 Å². The molecule has 2 rings (SSSR count). The Hall–Kier alpha value is -0.560. The number of nitrogens with one attached hydrogen (secondary N) is 1. The number of thioether (sulfide) groups is 1. The standard InChI is InChI=1S/C13H19NO3S2/c1-18-12-5-4-11(8-12)14-19(16,17)13-6-2-10(9-15)3-7-13/h2-3,6-7,11-12,14-15H,4-5,8-9H2,1H3. The molecule has 1 aliphatic rings. The number of sulfonamides is 1. The molecule has 4 nitrogen and oxygen atoms in total. The molecule has 0 aliphatic heterocycles. The first-order valence-electron chi connectivity index (χ1n) is 6.30. The molecule has 2 unspecified atom stereocenters. The normalized spacial score (nSPS) is 23.7. The molecule has 2 N–H and O–H groups in total. The molecule has 0 spiro atoms. The maximum absolute atomic E-state index is 12.2. The second kappa shape index (κ2) is 6.26. The molecule has 6 heteroatoms. The van der Waals surface area contributed by atoms with Crippen LogP contribution >= 0.6 is 11.8 Å². The van der Waals surface area contributed by atoms with Gasteiger partial charge in [0.05, 0.1) is 11.5 Å². The van der Waals surface area contributed by atoms with Crippen LogP contribution in [0.4, 0.5) is 0 Å². The van der Waals surface area contributed by atoms with Gasteiger partial charge in [-0.25, -0.2) is 13.1 Å². The summed E-state index contributed by atoms with van der Waals surface area (Å²) in [6.45, 7) is -0.0776. The zero-order valence-electron chi connectivity index (χ0n) is 10.9. The predicted molar refractivity (Wildman–Crippen MR) is 77.6 cm³/mol. The first-order chi connectivity index (χ1) is 9.05. The van der Waals surface area contributed by atoms with Crippen LogP contribution in [0.25, 0.3) is 0 Å². The van der Waals surface area contributed by atoms with E-state index in [0.717, 1.165) is 19.3 Å². The number of hydrogen-bond donors (Lipinski definition) is 2. The van der Waals surface area contributed by atoms with Crippen molar-refractivity contribution in [1.29, 1.82) is 0 Å². The highest BCUT2D eigenvalue weighted by molar-refractivity contribution is 7.99. The molecule has 0 saturated heterocycles. The summed E-state index contributed by atoms with van der Waals surface area (Å²) in [5.41, 5.74) is 0.710. The van der Waals surface area contributed by atoms with Gasteiger partial charge in [0, 0.05) is 11.3 Å². The summed E-state index contributed by atoms with van der Waals surface area (Å²) in [7, 11) is -3.44. The molecule has 0 bridgehead atoms. The first-order valence-corrected chi connectivity index (χ1v) is 9.07. The molecule has 0 radical (unpaired) electrons. The molecule has 0 aromatic heterocycles. The molecule has 1 fully saturated rings. The van der Waals surface area contributed by atoms with Crippen molar-refractivity contribution in [3.63, 3.8) is 0 Å². The summed E-state index contributed by atoms with van der Waals surface area (Å²) in [6, 6.07) is 6.38. The Morgan fingerprint density at radius 3 is 2.53 bits per heavy atom. The van der Waals surface area contributed by atoms with E-state index in [1.54, 1.807) is 23.9 Å². The van der Waals surface area contributed by atoms with E-state index in [9.17, 15) is 8.42 Å². The summed E-state index contributed by atoms with van der Waals surface area (Å²) in [4.78, 5) is 0.261. The molecular weight excluding hydrogens is 282 g/mol. The molecule has 1 aromatic rings. The number of rotatable bonds is 5. The number of aliphatic hydroxyl groups is 1. The highest BCUT2D eigenvalue weighted by Gasteiger charge is 2.28. The third-order valence-electron chi connectivity index (χ3n) is 3.46. The van der Waals surface area contributed by atoms with Crippen LogP contribution in [0, 0.1) is 0 Å². The molecular formula is C13H19NO3S2. The lowest BCUT2D eigenvalue weighted by Gasteiger charge is -2.13. The van der Waals surface area contributed by atoms with E-state index in [2.05, 4.69) is 11.0 Å². The van der Waals surface area contributed by atoms with E-state index in [1.807, 2.05) is 0 Å². The van der Waals surface area contributed by atoms with Gasteiger partial charge in [-0.3, -0.25) is 0 Å². The number of aliphatic hydroxyl groups excluding tert-OH is 1. The SMILES string of the molecule is CSC1CCC(NS(=O)(=O)c2ccc(CO)cc2)C1. The molecule has 19 heavy (non-hydrogen) atoms. The third-order valence-corrected chi connectivity index (χ3v) is 6.09. The zero-order valence-corrected chi connectivity index (χ0v) is 12.5. The Kier molecular flexibility index (Phi) is 4.89. The lowest BCUT2D eigenvalue weighted by molar-refractivity contribution is 0.282. The molecule has 106 valence electrons. The quantitative estimate of drug-likeness (QED) is 0.869. The van der Waals surface area contributed by atoms with Crippen molar-refractivity contribution in [2.75, 3.05) is 6.26 Å². The van der Waals surface area contributed by atoms with Crippen molar-refractivity contribution in [3.05, 3.63) is 29.8 Å². The topological polar surface area (TPSA) is 66.4 Å².